The predicted molar refractivity (Wildman–Crippen MR) is 77.1 cm³/mol. The Morgan fingerprint density at radius 1 is 1.39 bits per heavy atom. The molecule has 18 heavy (non-hydrogen) atoms. The third kappa shape index (κ3) is 2.60. The Hall–Kier alpha value is -1.24. The molecule has 0 aliphatic carbocycles. The first-order chi connectivity index (χ1) is 8.51. The van der Waals surface area contributed by atoms with Crippen molar-refractivity contribution in [1.82, 2.24) is 9.97 Å². The highest BCUT2D eigenvalue weighted by Gasteiger charge is 2.09. The van der Waals surface area contributed by atoms with Gasteiger partial charge in [-0.1, -0.05) is 6.92 Å². The molecule has 1 N–H and O–H groups in total. The lowest BCUT2D eigenvalue weighted by Crippen LogP contribution is -2.16. The van der Waals surface area contributed by atoms with Crippen molar-refractivity contribution < 1.29 is 4.39 Å². The zero-order valence-electron chi connectivity index (χ0n) is 10.1. The summed E-state index contributed by atoms with van der Waals surface area (Å²) in [5, 5.41) is 0. The van der Waals surface area contributed by atoms with Gasteiger partial charge in [0.05, 0.1) is 9.26 Å². The van der Waals surface area contributed by atoms with Gasteiger partial charge in [-0.25, -0.2) is 9.37 Å². The minimum atomic E-state index is -0.329. The minimum absolute atomic E-state index is 0.181. The van der Waals surface area contributed by atoms with Gasteiger partial charge >= 0.3 is 0 Å². The molecule has 0 atom stereocenters. The second-order valence-electron chi connectivity index (χ2n) is 4.05. The van der Waals surface area contributed by atoms with Crippen molar-refractivity contribution in [1.29, 1.82) is 0 Å². The Labute approximate surface area is 118 Å². The van der Waals surface area contributed by atoms with Gasteiger partial charge in [-0.05, 0) is 59.7 Å². The monoisotopic (exact) mass is 358 g/mol. The predicted octanol–water partition coefficient (Wildman–Crippen LogP) is 3.05. The quantitative estimate of drug-likeness (QED) is 0.839. The number of rotatable bonds is 2. The molecular formula is C13H12FIN2O. The van der Waals surface area contributed by atoms with E-state index in [1.54, 1.807) is 13.0 Å². The van der Waals surface area contributed by atoms with E-state index in [1.165, 1.54) is 12.1 Å². The van der Waals surface area contributed by atoms with Crippen molar-refractivity contribution in [2.75, 3.05) is 0 Å². The van der Waals surface area contributed by atoms with Gasteiger partial charge in [0.15, 0.2) is 0 Å². The molecule has 1 aromatic heterocycles. The molecule has 2 rings (SSSR count). The van der Waals surface area contributed by atoms with Crippen LogP contribution in [0.4, 0.5) is 4.39 Å². The second kappa shape index (κ2) is 5.17. The smallest absolute Gasteiger partial charge is 0.264 e. The number of halogens is 2. The molecule has 0 spiro atoms. The zero-order valence-corrected chi connectivity index (χ0v) is 12.2. The van der Waals surface area contributed by atoms with Crippen molar-refractivity contribution in [3.05, 3.63) is 49.2 Å². The lowest BCUT2D eigenvalue weighted by atomic mass is 10.1. The van der Waals surface area contributed by atoms with Crippen LogP contribution >= 0.6 is 22.6 Å². The SMILES string of the molecule is CCc1nc(-c2cc(C)cc(F)c2)[nH]c(=O)c1I. The summed E-state index contributed by atoms with van der Waals surface area (Å²) in [5.41, 5.74) is 1.94. The summed E-state index contributed by atoms with van der Waals surface area (Å²) < 4.78 is 13.9. The van der Waals surface area contributed by atoms with E-state index in [0.29, 0.717) is 21.4 Å². The lowest BCUT2D eigenvalue weighted by Gasteiger charge is -2.06. The molecule has 3 nitrogen and oxygen atoms in total. The summed E-state index contributed by atoms with van der Waals surface area (Å²) in [4.78, 5) is 18.8. The van der Waals surface area contributed by atoms with Crippen LogP contribution in [0.3, 0.4) is 0 Å². The van der Waals surface area contributed by atoms with Crippen LogP contribution in [0.2, 0.25) is 0 Å². The molecule has 5 heteroatoms. The van der Waals surface area contributed by atoms with Crippen molar-refractivity contribution in [2.24, 2.45) is 0 Å². The summed E-state index contributed by atoms with van der Waals surface area (Å²) in [6, 6.07) is 4.61. The highest BCUT2D eigenvalue weighted by atomic mass is 127. The second-order valence-corrected chi connectivity index (χ2v) is 5.12. The van der Waals surface area contributed by atoms with Crippen LogP contribution in [0, 0.1) is 16.3 Å². The van der Waals surface area contributed by atoms with Gasteiger partial charge in [-0.15, -0.1) is 0 Å². The molecule has 0 saturated heterocycles. The molecular weight excluding hydrogens is 346 g/mol. The summed E-state index contributed by atoms with van der Waals surface area (Å²) >= 11 is 1.97. The van der Waals surface area contributed by atoms with Crippen molar-refractivity contribution in [2.45, 2.75) is 20.3 Å². The Bertz CT molecular complexity index is 632. The van der Waals surface area contributed by atoms with E-state index in [2.05, 4.69) is 9.97 Å². The standard InChI is InChI=1S/C13H12FIN2O/c1-3-10-11(15)13(18)17-12(16-10)8-4-7(2)5-9(14)6-8/h4-6H,3H2,1-2H3,(H,16,17,18). The molecule has 94 valence electrons. The first kappa shape index (κ1) is 13.2. The molecule has 0 bridgehead atoms. The fraction of sp³-hybridized carbons (Fsp3) is 0.231. The molecule has 0 aliphatic rings. The Morgan fingerprint density at radius 2 is 2.11 bits per heavy atom. The third-order valence-corrected chi connectivity index (χ3v) is 3.69. The number of H-pyrrole nitrogens is 1. The van der Waals surface area contributed by atoms with Crippen LogP contribution in [0.25, 0.3) is 11.4 Å². The fourth-order valence-corrected chi connectivity index (χ4v) is 2.39. The maximum atomic E-state index is 13.4. The molecule has 0 unspecified atom stereocenters. The van der Waals surface area contributed by atoms with Gasteiger partial charge in [0, 0.05) is 5.56 Å². The minimum Gasteiger partial charge on any atom is -0.306 e. The summed E-state index contributed by atoms with van der Waals surface area (Å²) in [5.74, 6) is 0.0871. The Morgan fingerprint density at radius 3 is 2.72 bits per heavy atom. The zero-order chi connectivity index (χ0) is 13.3. The average molecular weight is 358 g/mol. The topological polar surface area (TPSA) is 45.8 Å². The number of hydrogen-bond acceptors (Lipinski definition) is 2. The average Bonchev–Trinajstić information content (AvgIpc) is 2.31. The Balaban J connectivity index is 2.64. The maximum absolute atomic E-state index is 13.4. The van der Waals surface area contributed by atoms with E-state index in [1.807, 2.05) is 29.5 Å². The molecule has 0 amide bonds. The van der Waals surface area contributed by atoms with Crippen molar-refractivity contribution in [3.63, 3.8) is 0 Å². The molecule has 0 fully saturated rings. The first-order valence-electron chi connectivity index (χ1n) is 5.57. The van der Waals surface area contributed by atoms with Crippen LogP contribution in [-0.4, -0.2) is 9.97 Å². The van der Waals surface area contributed by atoms with Crippen LogP contribution in [0.5, 0.6) is 0 Å². The van der Waals surface area contributed by atoms with E-state index in [4.69, 9.17) is 0 Å². The molecule has 2 aromatic rings. The van der Waals surface area contributed by atoms with E-state index in [9.17, 15) is 9.18 Å². The largest absolute Gasteiger partial charge is 0.306 e. The number of nitrogens with one attached hydrogen (secondary N) is 1. The van der Waals surface area contributed by atoms with Gasteiger partial charge < -0.3 is 4.98 Å². The third-order valence-electron chi connectivity index (χ3n) is 2.58. The summed E-state index contributed by atoms with van der Waals surface area (Å²) in [7, 11) is 0. The number of benzene rings is 1. The van der Waals surface area contributed by atoms with Gasteiger partial charge in [0.25, 0.3) is 5.56 Å². The highest BCUT2D eigenvalue weighted by molar-refractivity contribution is 14.1. The van der Waals surface area contributed by atoms with Gasteiger partial charge in [0.1, 0.15) is 11.6 Å². The molecule has 1 aromatic carbocycles. The molecule has 0 radical (unpaired) electrons. The van der Waals surface area contributed by atoms with Gasteiger partial charge in [0.2, 0.25) is 0 Å². The van der Waals surface area contributed by atoms with Crippen LogP contribution < -0.4 is 5.56 Å². The van der Waals surface area contributed by atoms with Crippen LogP contribution in [0.1, 0.15) is 18.2 Å². The van der Waals surface area contributed by atoms with Gasteiger partial charge in [-0.3, -0.25) is 4.79 Å². The van der Waals surface area contributed by atoms with E-state index >= 15 is 0 Å². The van der Waals surface area contributed by atoms with Crippen LogP contribution in [0.15, 0.2) is 23.0 Å². The van der Waals surface area contributed by atoms with Crippen LogP contribution in [-0.2, 0) is 6.42 Å². The summed E-state index contributed by atoms with van der Waals surface area (Å²) in [6.07, 6.45) is 0.670. The fourth-order valence-electron chi connectivity index (χ4n) is 1.75. The number of hydrogen-bond donors (Lipinski definition) is 1. The van der Waals surface area contributed by atoms with Crippen molar-refractivity contribution >= 4 is 22.6 Å². The molecule has 1 heterocycles. The first-order valence-corrected chi connectivity index (χ1v) is 6.65. The van der Waals surface area contributed by atoms with E-state index in [0.717, 1.165) is 11.3 Å². The highest BCUT2D eigenvalue weighted by Crippen LogP contribution is 2.18. The number of nitrogens with zero attached hydrogens (tertiary/aromatic N) is 1. The summed E-state index contributed by atoms with van der Waals surface area (Å²) in [6.45, 7) is 3.74. The van der Waals surface area contributed by atoms with E-state index < -0.39 is 0 Å². The number of aromatic amines is 1. The molecule has 0 saturated carbocycles. The number of aromatic nitrogens is 2. The lowest BCUT2D eigenvalue weighted by molar-refractivity contribution is 0.627. The van der Waals surface area contributed by atoms with Gasteiger partial charge in [-0.2, -0.15) is 0 Å². The van der Waals surface area contributed by atoms with E-state index in [-0.39, 0.29) is 11.4 Å². The normalized spacial score (nSPS) is 10.7. The maximum Gasteiger partial charge on any atom is 0.264 e. The van der Waals surface area contributed by atoms with Crippen molar-refractivity contribution in [3.8, 4) is 11.4 Å². The number of aryl methyl sites for hydroxylation is 2. The molecule has 0 aliphatic heterocycles. The Kier molecular flexibility index (Phi) is 3.79.